The van der Waals surface area contributed by atoms with E-state index < -0.39 is 41.2 Å². The van der Waals surface area contributed by atoms with Crippen LogP contribution in [0.5, 0.6) is 0 Å². The van der Waals surface area contributed by atoms with Gasteiger partial charge in [0.1, 0.15) is 35.6 Å². The summed E-state index contributed by atoms with van der Waals surface area (Å²) < 4.78 is 42.2. The zero-order valence-corrected chi connectivity index (χ0v) is 30.7. The number of halogens is 3. The average Bonchev–Trinajstić information content (AvgIpc) is 3.51. The van der Waals surface area contributed by atoms with Gasteiger partial charge in [0.2, 0.25) is 17.7 Å². The molecule has 3 amide bonds. The van der Waals surface area contributed by atoms with Gasteiger partial charge in [0.25, 0.3) is 0 Å². The summed E-state index contributed by atoms with van der Waals surface area (Å²) in [4.78, 5) is 70.7. The third-order valence-electron chi connectivity index (χ3n) is 10.9. The number of aromatic nitrogens is 5. The highest BCUT2D eigenvalue weighted by molar-refractivity contribution is 6.07. The van der Waals surface area contributed by atoms with E-state index in [2.05, 4.69) is 25.4 Å². The van der Waals surface area contributed by atoms with Crippen molar-refractivity contribution in [3.63, 3.8) is 0 Å². The van der Waals surface area contributed by atoms with E-state index >= 15 is 0 Å². The Bertz CT molecular complexity index is 2220. The van der Waals surface area contributed by atoms with Crippen molar-refractivity contribution in [3.05, 3.63) is 77.2 Å². The van der Waals surface area contributed by atoms with E-state index in [4.69, 9.17) is 0 Å². The van der Waals surface area contributed by atoms with Crippen molar-refractivity contribution >= 4 is 40.2 Å². The molecule has 5 heterocycles. The molecule has 282 valence electrons. The number of carbonyl (C=O) groups is 4. The molecule has 54 heavy (non-hydrogen) atoms. The molecule has 1 aliphatic carbocycles. The number of alkyl halides is 3. The van der Waals surface area contributed by atoms with Gasteiger partial charge in [0.05, 0.1) is 5.52 Å². The minimum Gasteiger partial charge on any atom is -0.345 e. The molecule has 0 radical (unpaired) electrons. The lowest BCUT2D eigenvalue weighted by Crippen LogP contribution is -2.47. The first-order valence-electron chi connectivity index (χ1n) is 18.0. The first-order valence-corrected chi connectivity index (χ1v) is 18.0. The summed E-state index contributed by atoms with van der Waals surface area (Å²) in [7, 11) is 1.72. The number of anilines is 1. The Kier molecular flexibility index (Phi) is 9.38. The standard InChI is InChI=1S/C39H41F3N8O4/c1-21-11-12-30(39(40,41)42)45-35(21)46-36(53)29-15-38-16-31(38)50(29)32(52)19-49-34-25(10-8-6-7-9-22(2)37(54)48(5)20-38)13-26(27-17-43-24(4)44-18-27)14-28(34)33(47-49)23(3)51/h6,8,11-14,17-18,22,29,31H,7,9-10,15-16,19-20H2,1-5H3,(H,45,46,53)/t22-,29-,31+,38-/m0/s1. The topological polar surface area (TPSA) is 143 Å². The number of Topliss-reactive ketones (excluding diaryl/α,β-unsaturated/α-hetero) is 1. The summed E-state index contributed by atoms with van der Waals surface area (Å²) in [5, 5.41) is 7.79. The maximum absolute atomic E-state index is 14.5. The molecule has 2 bridgehead atoms. The highest BCUT2D eigenvalue weighted by Crippen LogP contribution is 2.60. The van der Waals surface area contributed by atoms with Gasteiger partial charge in [-0.15, -0.1) is 0 Å². The Balaban J connectivity index is 1.31. The normalized spacial score (nSPS) is 23.4. The quantitative estimate of drug-likeness (QED) is 0.207. The Labute approximate surface area is 309 Å². The van der Waals surface area contributed by atoms with Gasteiger partial charge >= 0.3 is 6.18 Å². The molecule has 7 rings (SSSR count). The van der Waals surface area contributed by atoms with Crippen LogP contribution in [0.2, 0.25) is 0 Å². The van der Waals surface area contributed by atoms with Gasteiger partial charge in [-0.3, -0.25) is 23.9 Å². The molecule has 1 N–H and O–H groups in total. The van der Waals surface area contributed by atoms with E-state index in [9.17, 15) is 32.3 Å². The second kappa shape index (κ2) is 13.7. The minimum absolute atomic E-state index is 0.0473. The number of hydrogen-bond acceptors (Lipinski definition) is 8. The fraction of sp³-hybridized carbons (Fsp3) is 0.436. The number of ketones is 1. The Morgan fingerprint density at radius 3 is 2.46 bits per heavy atom. The van der Waals surface area contributed by atoms with E-state index in [1.165, 1.54) is 29.5 Å². The fourth-order valence-corrected chi connectivity index (χ4v) is 8.03. The molecule has 1 saturated carbocycles. The number of benzene rings is 1. The molecule has 15 heteroatoms. The number of amides is 3. The van der Waals surface area contributed by atoms with Crippen LogP contribution in [0, 0.1) is 25.2 Å². The predicted molar refractivity (Wildman–Crippen MR) is 193 cm³/mol. The number of nitrogens with one attached hydrogen (secondary N) is 1. The van der Waals surface area contributed by atoms with E-state index in [0.717, 1.165) is 22.8 Å². The largest absolute Gasteiger partial charge is 0.433 e. The van der Waals surface area contributed by atoms with E-state index in [-0.39, 0.29) is 42.1 Å². The van der Waals surface area contributed by atoms with Crippen molar-refractivity contribution < 1.29 is 32.3 Å². The summed E-state index contributed by atoms with van der Waals surface area (Å²) in [6.07, 6.45) is 5.16. The summed E-state index contributed by atoms with van der Waals surface area (Å²) >= 11 is 0. The van der Waals surface area contributed by atoms with Gasteiger partial charge in [0, 0.05) is 61.2 Å². The maximum Gasteiger partial charge on any atom is 0.433 e. The van der Waals surface area contributed by atoms with Gasteiger partial charge in [-0.05, 0) is 80.8 Å². The number of allylic oxidation sites excluding steroid dienone is 2. The van der Waals surface area contributed by atoms with Gasteiger partial charge in [-0.2, -0.15) is 18.3 Å². The van der Waals surface area contributed by atoms with Gasteiger partial charge in [-0.1, -0.05) is 25.1 Å². The monoisotopic (exact) mass is 742 g/mol. The van der Waals surface area contributed by atoms with Gasteiger partial charge in [0.15, 0.2) is 5.78 Å². The van der Waals surface area contributed by atoms with Gasteiger partial charge < -0.3 is 15.1 Å². The molecule has 4 aromatic rings. The van der Waals surface area contributed by atoms with Crippen LogP contribution in [0.1, 0.15) is 72.7 Å². The number of aryl methyl sites for hydroxylation is 2. The van der Waals surface area contributed by atoms with Crippen molar-refractivity contribution in [3.8, 4) is 11.1 Å². The van der Waals surface area contributed by atoms with Crippen LogP contribution in [0.4, 0.5) is 19.0 Å². The second-order valence-corrected chi connectivity index (χ2v) is 14.9. The van der Waals surface area contributed by atoms with Crippen molar-refractivity contribution in [1.29, 1.82) is 0 Å². The molecular weight excluding hydrogens is 701 g/mol. The SMILES string of the molecule is CC(=O)c1nn2c3c(cc(-c4cnc(C)nc4)cc13)CC=CCC[C@H](C)C(=O)N(C)C[C@@]13C[C@@H](C(=O)Nc4nc(C(F)(F)F)ccc4C)N(C(=O)C2)[C@@H]1C3. The third-order valence-corrected chi connectivity index (χ3v) is 10.9. The molecule has 1 saturated heterocycles. The lowest BCUT2D eigenvalue weighted by molar-refractivity contribution is -0.141. The zero-order valence-electron chi connectivity index (χ0n) is 30.7. The Hall–Kier alpha value is -5.47. The van der Waals surface area contributed by atoms with Crippen molar-refractivity contribution in [2.75, 3.05) is 18.9 Å². The molecule has 3 aliphatic rings. The molecule has 2 fully saturated rings. The molecule has 0 unspecified atom stereocenters. The Morgan fingerprint density at radius 1 is 1.02 bits per heavy atom. The molecule has 0 spiro atoms. The number of carbonyl (C=O) groups excluding carboxylic acids is 4. The van der Waals surface area contributed by atoms with Crippen LogP contribution in [0.25, 0.3) is 22.0 Å². The van der Waals surface area contributed by atoms with Crippen LogP contribution < -0.4 is 5.32 Å². The average molecular weight is 743 g/mol. The second-order valence-electron chi connectivity index (χ2n) is 14.9. The highest BCUT2D eigenvalue weighted by atomic mass is 19.4. The van der Waals surface area contributed by atoms with E-state index in [0.29, 0.717) is 54.5 Å². The van der Waals surface area contributed by atoms with E-state index in [1.54, 1.807) is 31.3 Å². The van der Waals surface area contributed by atoms with Gasteiger partial charge in [-0.25, -0.2) is 15.0 Å². The van der Waals surface area contributed by atoms with Crippen LogP contribution in [-0.4, -0.2) is 83.7 Å². The van der Waals surface area contributed by atoms with Crippen LogP contribution in [0.3, 0.4) is 0 Å². The lowest BCUT2D eigenvalue weighted by atomic mass is 9.96. The summed E-state index contributed by atoms with van der Waals surface area (Å²) in [6.45, 7) is 6.61. The summed E-state index contributed by atoms with van der Waals surface area (Å²) in [5.74, 6) is -1.39. The molecule has 1 aromatic carbocycles. The zero-order chi connectivity index (χ0) is 38.7. The number of rotatable bonds is 4. The maximum atomic E-state index is 14.5. The first kappa shape index (κ1) is 36.9. The highest BCUT2D eigenvalue weighted by Gasteiger charge is 2.67. The summed E-state index contributed by atoms with van der Waals surface area (Å²) in [5.41, 5.74) is 1.66. The molecule has 2 aliphatic heterocycles. The third kappa shape index (κ3) is 6.87. The minimum atomic E-state index is -4.72. The summed E-state index contributed by atoms with van der Waals surface area (Å²) in [6, 6.07) is 4.43. The van der Waals surface area contributed by atoms with Crippen molar-refractivity contribution in [2.45, 2.75) is 84.6 Å². The lowest BCUT2D eigenvalue weighted by Gasteiger charge is -2.27. The van der Waals surface area contributed by atoms with Crippen LogP contribution >= 0.6 is 0 Å². The van der Waals surface area contributed by atoms with Crippen molar-refractivity contribution in [1.82, 2.24) is 34.5 Å². The molecular formula is C39H41F3N8O4. The smallest absolute Gasteiger partial charge is 0.345 e. The fourth-order valence-electron chi connectivity index (χ4n) is 8.03. The molecule has 3 aromatic heterocycles. The molecule has 12 nitrogen and oxygen atoms in total. The Morgan fingerprint density at radius 2 is 1.76 bits per heavy atom. The number of nitrogens with zero attached hydrogens (tertiary/aromatic N) is 7. The number of piperidine rings is 1. The molecule has 4 atom stereocenters. The predicted octanol–water partition coefficient (Wildman–Crippen LogP) is 5.71. The van der Waals surface area contributed by atoms with E-state index in [1.807, 2.05) is 31.2 Å². The van der Waals surface area contributed by atoms with Crippen LogP contribution in [0.15, 0.2) is 48.8 Å². The number of hydrogen-bond donors (Lipinski definition) is 1. The number of pyridine rings is 1. The van der Waals surface area contributed by atoms with Crippen LogP contribution in [-0.2, 0) is 33.5 Å². The first-order chi connectivity index (χ1) is 25.6. The van der Waals surface area contributed by atoms with Crippen molar-refractivity contribution in [2.24, 2.45) is 11.3 Å².